The molecule has 2 N–H and O–H groups in total. The van der Waals surface area contributed by atoms with Gasteiger partial charge in [0.1, 0.15) is 5.75 Å². The Morgan fingerprint density at radius 1 is 1.37 bits per heavy atom. The van der Waals surface area contributed by atoms with E-state index in [1.54, 1.807) is 12.1 Å². The molecule has 0 bridgehead atoms. The second kappa shape index (κ2) is 7.90. The average molecular weight is 393 g/mol. The van der Waals surface area contributed by atoms with Crippen LogP contribution in [0, 0.1) is 5.92 Å². The Kier molecular flexibility index (Phi) is 6.86. The lowest BCUT2D eigenvalue weighted by atomic mass is 9.99. The molecule has 106 valence electrons. The number of phenols is 1. The molecule has 1 aromatic rings. The number of hydrogen-bond donors (Lipinski definition) is 2. The van der Waals surface area contributed by atoms with Crippen molar-refractivity contribution in [2.75, 3.05) is 6.54 Å². The van der Waals surface area contributed by atoms with E-state index < -0.39 is 0 Å². The molecule has 0 heterocycles. The fourth-order valence-electron chi connectivity index (χ4n) is 1.91. The topological polar surface area (TPSA) is 49.3 Å². The van der Waals surface area contributed by atoms with Crippen molar-refractivity contribution in [1.82, 2.24) is 5.32 Å². The Hall–Kier alpha value is -0.550. The normalized spacial score (nSPS) is 12.5. The van der Waals surface area contributed by atoms with Crippen molar-refractivity contribution >= 4 is 37.8 Å². The van der Waals surface area contributed by atoms with Gasteiger partial charge in [-0.05, 0) is 40.0 Å². The highest BCUT2D eigenvalue weighted by molar-refractivity contribution is 9.10. The Balaban J connectivity index is 2.58. The molecule has 0 aromatic heterocycles. The summed E-state index contributed by atoms with van der Waals surface area (Å²) in [6.45, 7) is 4.88. The maximum atomic E-state index is 12.0. The summed E-state index contributed by atoms with van der Waals surface area (Å²) in [4.78, 5) is 12.2. The molecular formula is C14H19Br2NO2. The number of hydrogen-bond acceptors (Lipinski definition) is 2. The van der Waals surface area contributed by atoms with Crippen molar-refractivity contribution in [1.29, 1.82) is 0 Å². The first-order chi connectivity index (χ1) is 8.99. The molecule has 3 nitrogen and oxygen atoms in total. The summed E-state index contributed by atoms with van der Waals surface area (Å²) in [5, 5.41) is 12.4. The first kappa shape index (κ1) is 16.5. The molecule has 0 aliphatic rings. The summed E-state index contributed by atoms with van der Waals surface area (Å²) in [6, 6.07) is 4.80. The van der Waals surface area contributed by atoms with Gasteiger partial charge in [0.25, 0.3) is 5.91 Å². The number of halogens is 2. The molecule has 0 aliphatic carbocycles. The smallest absolute Gasteiger partial charge is 0.251 e. The van der Waals surface area contributed by atoms with Crippen LogP contribution in [0.5, 0.6) is 5.75 Å². The van der Waals surface area contributed by atoms with Gasteiger partial charge in [-0.1, -0.05) is 42.6 Å². The second-order valence-electron chi connectivity index (χ2n) is 4.47. The van der Waals surface area contributed by atoms with E-state index in [2.05, 4.69) is 51.0 Å². The SMILES string of the molecule is CCC(CC)C(Br)CNC(=O)c1ccc(Br)c(O)c1. The van der Waals surface area contributed by atoms with Crippen molar-refractivity contribution in [2.45, 2.75) is 31.5 Å². The quantitative estimate of drug-likeness (QED) is 0.716. The molecule has 1 amide bonds. The van der Waals surface area contributed by atoms with E-state index in [4.69, 9.17) is 0 Å². The number of alkyl halides is 1. The van der Waals surface area contributed by atoms with Crippen molar-refractivity contribution in [3.63, 3.8) is 0 Å². The summed E-state index contributed by atoms with van der Waals surface area (Å²) in [6.07, 6.45) is 2.17. The average Bonchev–Trinajstić information content (AvgIpc) is 2.40. The highest BCUT2D eigenvalue weighted by Gasteiger charge is 2.16. The Bertz CT molecular complexity index is 433. The molecule has 0 fully saturated rings. The summed E-state index contributed by atoms with van der Waals surface area (Å²) in [5.41, 5.74) is 0.463. The minimum Gasteiger partial charge on any atom is -0.507 e. The Morgan fingerprint density at radius 3 is 2.53 bits per heavy atom. The fraction of sp³-hybridized carbons (Fsp3) is 0.500. The lowest BCUT2D eigenvalue weighted by molar-refractivity contribution is 0.0951. The largest absolute Gasteiger partial charge is 0.507 e. The van der Waals surface area contributed by atoms with Crippen LogP contribution in [0.2, 0.25) is 0 Å². The van der Waals surface area contributed by atoms with E-state index in [0.717, 1.165) is 12.8 Å². The zero-order valence-electron chi connectivity index (χ0n) is 11.1. The standard InChI is InChI=1S/C14H19Br2NO2/c1-3-9(4-2)12(16)8-17-14(19)10-5-6-11(15)13(18)7-10/h5-7,9,12,18H,3-4,8H2,1-2H3,(H,17,19). The van der Waals surface area contributed by atoms with E-state index in [1.165, 1.54) is 6.07 Å². The Morgan fingerprint density at radius 2 is 2.00 bits per heavy atom. The van der Waals surface area contributed by atoms with Crippen LogP contribution < -0.4 is 5.32 Å². The predicted octanol–water partition coefficient (Wildman–Crippen LogP) is 4.08. The molecule has 0 saturated carbocycles. The number of amides is 1. The van der Waals surface area contributed by atoms with Crippen LogP contribution in [0.4, 0.5) is 0 Å². The molecule has 0 radical (unpaired) electrons. The number of phenolic OH excluding ortho intramolecular Hbond substituents is 1. The summed E-state index contributed by atoms with van der Waals surface area (Å²) >= 11 is 6.81. The van der Waals surface area contributed by atoms with Gasteiger partial charge in [-0.25, -0.2) is 0 Å². The predicted molar refractivity (Wildman–Crippen MR) is 84.9 cm³/mol. The lowest BCUT2D eigenvalue weighted by Crippen LogP contribution is -2.32. The number of carbonyl (C=O) groups excluding carboxylic acids is 1. The van der Waals surface area contributed by atoms with E-state index in [-0.39, 0.29) is 16.5 Å². The third-order valence-corrected chi connectivity index (χ3v) is 4.97. The first-order valence-corrected chi connectivity index (χ1v) is 8.11. The van der Waals surface area contributed by atoms with Gasteiger partial charge in [-0.3, -0.25) is 4.79 Å². The lowest BCUT2D eigenvalue weighted by Gasteiger charge is -2.19. The van der Waals surface area contributed by atoms with Gasteiger partial charge >= 0.3 is 0 Å². The third kappa shape index (κ3) is 4.80. The maximum absolute atomic E-state index is 12.0. The van der Waals surface area contributed by atoms with E-state index in [0.29, 0.717) is 22.5 Å². The minimum atomic E-state index is -0.168. The van der Waals surface area contributed by atoms with Crippen LogP contribution in [-0.4, -0.2) is 22.4 Å². The summed E-state index contributed by atoms with van der Waals surface area (Å²) in [5.74, 6) is 0.458. The summed E-state index contributed by atoms with van der Waals surface area (Å²) < 4.78 is 0.583. The molecule has 1 rings (SSSR count). The molecule has 0 saturated heterocycles. The number of rotatable bonds is 6. The van der Waals surface area contributed by atoms with Crippen LogP contribution in [0.1, 0.15) is 37.0 Å². The first-order valence-electron chi connectivity index (χ1n) is 6.40. The molecule has 0 aliphatic heterocycles. The maximum Gasteiger partial charge on any atom is 0.251 e. The molecule has 1 atom stereocenters. The number of carbonyl (C=O) groups is 1. The van der Waals surface area contributed by atoms with Gasteiger partial charge < -0.3 is 10.4 Å². The second-order valence-corrected chi connectivity index (χ2v) is 6.50. The van der Waals surface area contributed by atoms with E-state index in [1.807, 2.05) is 0 Å². The zero-order valence-corrected chi connectivity index (χ0v) is 14.3. The zero-order chi connectivity index (χ0) is 14.4. The fourth-order valence-corrected chi connectivity index (χ4v) is 3.07. The van der Waals surface area contributed by atoms with Gasteiger partial charge in [-0.15, -0.1) is 0 Å². The Labute approximate surface area is 131 Å². The van der Waals surface area contributed by atoms with Crippen LogP contribution in [-0.2, 0) is 0 Å². The molecule has 1 unspecified atom stereocenters. The monoisotopic (exact) mass is 391 g/mol. The van der Waals surface area contributed by atoms with Gasteiger partial charge in [0.2, 0.25) is 0 Å². The molecule has 5 heteroatoms. The van der Waals surface area contributed by atoms with E-state index >= 15 is 0 Å². The van der Waals surface area contributed by atoms with Crippen molar-refractivity contribution in [2.24, 2.45) is 5.92 Å². The van der Waals surface area contributed by atoms with Gasteiger partial charge in [-0.2, -0.15) is 0 Å². The number of benzene rings is 1. The van der Waals surface area contributed by atoms with Gasteiger partial charge in [0, 0.05) is 16.9 Å². The molecule has 1 aromatic carbocycles. The van der Waals surface area contributed by atoms with Crippen molar-refractivity contribution in [3.8, 4) is 5.75 Å². The highest BCUT2D eigenvalue weighted by Crippen LogP contribution is 2.24. The number of nitrogens with one attached hydrogen (secondary N) is 1. The van der Waals surface area contributed by atoms with Crippen LogP contribution in [0.3, 0.4) is 0 Å². The van der Waals surface area contributed by atoms with Crippen LogP contribution in [0.25, 0.3) is 0 Å². The van der Waals surface area contributed by atoms with Crippen molar-refractivity contribution < 1.29 is 9.90 Å². The van der Waals surface area contributed by atoms with Gasteiger partial charge in [0.05, 0.1) is 4.47 Å². The van der Waals surface area contributed by atoms with Crippen LogP contribution in [0.15, 0.2) is 22.7 Å². The molecular weight excluding hydrogens is 374 g/mol. The minimum absolute atomic E-state index is 0.0723. The summed E-state index contributed by atoms with van der Waals surface area (Å²) in [7, 11) is 0. The number of aromatic hydroxyl groups is 1. The van der Waals surface area contributed by atoms with E-state index in [9.17, 15) is 9.90 Å². The third-order valence-electron chi connectivity index (χ3n) is 3.23. The molecule has 19 heavy (non-hydrogen) atoms. The molecule has 0 spiro atoms. The van der Waals surface area contributed by atoms with Crippen LogP contribution >= 0.6 is 31.9 Å². The van der Waals surface area contributed by atoms with Crippen molar-refractivity contribution in [3.05, 3.63) is 28.2 Å². The highest BCUT2D eigenvalue weighted by atomic mass is 79.9. The van der Waals surface area contributed by atoms with Gasteiger partial charge in [0.15, 0.2) is 0 Å².